The zero-order chi connectivity index (χ0) is 14.1. The topological polar surface area (TPSA) is 77.8 Å². The summed E-state index contributed by atoms with van der Waals surface area (Å²) >= 11 is 0. The summed E-state index contributed by atoms with van der Waals surface area (Å²) in [6.45, 7) is 3.88. The van der Waals surface area contributed by atoms with E-state index in [0.29, 0.717) is 17.4 Å². The monoisotopic (exact) mass is 266 g/mol. The largest absolute Gasteiger partial charge is 0.399 e. The summed E-state index contributed by atoms with van der Waals surface area (Å²) in [7, 11) is 0. The van der Waals surface area contributed by atoms with Gasteiger partial charge in [-0.2, -0.15) is 4.98 Å². The zero-order valence-corrected chi connectivity index (χ0v) is 11.3. The first kappa shape index (κ1) is 12.3. The molecule has 3 rings (SSSR count). The molecule has 0 aliphatic rings. The van der Waals surface area contributed by atoms with Crippen LogP contribution >= 0.6 is 0 Å². The molecule has 0 unspecified atom stereocenters. The van der Waals surface area contributed by atoms with E-state index in [-0.39, 0.29) is 0 Å². The molecule has 0 aliphatic heterocycles. The summed E-state index contributed by atoms with van der Waals surface area (Å²) < 4.78 is 5.30. The fraction of sp³-hybridized carbons (Fsp3) is 0.133. The Morgan fingerprint density at radius 3 is 2.40 bits per heavy atom. The molecule has 2 N–H and O–H groups in total. The van der Waals surface area contributed by atoms with Gasteiger partial charge in [-0.25, -0.2) is 0 Å². The molecule has 0 radical (unpaired) electrons. The highest BCUT2D eigenvalue weighted by molar-refractivity contribution is 5.63. The van der Waals surface area contributed by atoms with Crippen LogP contribution in [0.2, 0.25) is 0 Å². The first-order valence-electron chi connectivity index (χ1n) is 6.27. The third-order valence-corrected chi connectivity index (χ3v) is 2.90. The van der Waals surface area contributed by atoms with Crippen molar-refractivity contribution in [3.05, 3.63) is 47.8 Å². The quantitative estimate of drug-likeness (QED) is 0.721. The Kier molecular flexibility index (Phi) is 2.95. The third kappa shape index (κ3) is 2.38. The standard InChI is InChI=1S/C15H14N4O/c1-9-6-12(7-10(2)17-9)14-18-15(20-19-14)11-4-3-5-13(16)8-11/h3-8H,16H2,1-2H3. The van der Waals surface area contributed by atoms with Crippen molar-refractivity contribution in [1.82, 2.24) is 15.1 Å². The molecule has 0 bridgehead atoms. The molecule has 5 heteroatoms. The number of anilines is 1. The van der Waals surface area contributed by atoms with Crippen LogP contribution in [0.1, 0.15) is 11.4 Å². The summed E-state index contributed by atoms with van der Waals surface area (Å²) in [4.78, 5) is 8.75. The van der Waals surface area contributed by atoms with Crippen LogP contribution in [0, 0.1) is 13.8 Å². The number of hydrogen-bond acceptors (Lipinski definition) is 5. The van der Waals surface area contributed by atoms with Gasteiger partial charge in [0.2, 0.25) is 5.82 Å². The molecule has 0 spiro atoms. The van der Waals surface area contributed by atoms with Crippen LogP contribution in [0.5, 0.6) is 0 Å². The lowest BCUT2D eigenvalue weighted by Crippen LogP contribution is -1.89. The predicted octanol–water partition coefficient (Wildman–Crippen LogP) is 3.00. The van der Waals surface area contributed by atoms with E-state index in [2.05, 4.69) is 15.1 Å². The Balaban J connectivity index is 2.02. The van der Waals surface area contributed by atoms with E-state index in [1.165, 1.54) is 0 Å². The third-order valence-electron chi connectivity index (χ3n) is 2.90. The summed E-state index contributed by atoms with van der Waals surface area (Å²) in [5, 5.41) is 4.02. The second-order valence-electron chi connectivity index (χ2n) is 4.69. The van der Waals surface area contributed by atoms with Crippen LogP contribution in [0.3, 0.4) is 0 Å². The van der Waals surface area contributed by atoms with Gasteiger partial charge in [-0.05, 0) is 44.2 Å². The number of nitrogens with zero attached hydrogens (tertiary/aromatic N) is 3. The van der Waals surface area contributed by atoms with Crippen LogP contribution in [0.15, 0.2) is 40.9 Å². The minimum atomic E-state index is 0.458. The molecule has 1 aromatic carbocycles. The molecule has 0 fully saturated rings. The maximum absolute atomic E-state index is 5.76. The highest BCUT2D eigenvalue weighted by Gasteiger charge is 2.11. The minimum absolute atomic E-state index is 0.458. The molecule has 100 valence electrons. The van der Waals surface area contributed by atoms with Crippen molar-refractivity contribution in [2.24, 2.45) is 0 Å². The molecular formula is C15H14N4O. The fourth-order valence-corrected chi connectivity index (χ4v) is 2.09. The number of hydrogen-bond donors (Lipinski definition) is 1. The number of benzene rings is 1. The molecule has 2 heterocycles. The molecule has 3 aromatic rings. The second kappa shape index (κ2) is 4.77. The van der Waals surface area contributed by atoms with Crippen LogP contribution < -0.4 is 5.73 Å². The predicted molar refractivity (Wildman–Crippen MR) is 76.9 cm³/mol. The van der Waals surface area contributed by atoms with Crippen molar-refractivity contribution in [1.29, 1.82) is 0 Å². The minimum Gasteiger partial charge on any atom is -0.399 e. The van der Waals surface area contributed by atoms with E-state index in [1.807, 2.05) is 44.2 Å². The van der Waals surface area contributed by atoms with E-state index in [1.54, 1.807) is 6.07 Å². The lowest BCUT2D eigenvalue weighted by atomic mass is 10.2. The molecule has 0 saturated heterocycles. The van der Waals surface area contributed by atoms with E-state index in [4.69, 9.17) is 10.3 Å². The Hall–Kier alpha value is -2.69. The zero-order valence-electron chi connectivity index (χ0n) is 11.3. The Labute approximate surface area is 116 Å². The first-order chi connectivity index (χ1) is 9.61. The Morgan fingerprint density at radius 1 is 0.950 bits per heavy atom. The van der Waals surface area contributed by atoms with Gasteiger partial charge >= 0.3 is 0 Å². The smallest absolute Gasteiger partial charge is 0.258 e. The van der Waals surface area contributed by atoms with Crippen LogP contribution in [0.4, 0.5) is 5.69 Å². The van der Waals surface area contributed by atoms with Gasteiger partial charge in [0, 0.05) is 28.2 Å². The molecular weight excluding hydrogens is 252 g/mol. The van der Waals surface area contributed by atoms with Gasteiger partial charge in [0.05, 0.1) is 0 Å². The molecule has 20 heavy (non-hydrogen) atoms. The molecule has 0 saturated carbocycles. The average molecular weight is 266 g/mol. The first-order valence-corrected chi connectivity index (χ1v) is 6.27. The van der Waals surface area contributed by atoms with Gasteiger partial charge in [-0.1, -0.05) is 11.2 Å². The number of aromatic nitrogens is 3. The van der Waals surface area contributed by atoms with Gasteiger partial charge in [0.1, 0.15) is 0 Å². The molecule has 5 nitrogen and oxygen atoms in total. The van der Waals surface area contributed by atoms with Crippen LogP contribution in [-0.2, 0) is 0 Å². The van der Waals surface area contributed by atoms with Crippen molar-refractivity contribution < 1.29 is 4.52 Å². The lowest BCUT2D eigenvalue weighted by Gasteiger charge is -1.99. The van der Waals surface area contributed by atoms with Gasteiger partial charge < -0.3 is 10.3 Å². The lowest BCUT2D eigenvalue weighted by molar-refractivity contribution is 0.432. The summed E-state index contributed by atoms with van der Waals surface area (Å²) in [6, 6.07) is 11.2. The second-order valence-corrected chi connectivity index (χ2v) is 4.69. The van der Waals surface area contributed by atoms with Crippen molar-refractivity contribution in [3.63, 3.8) is 0 Å². The average Bonchev–Trinajstić information content (AvgIpc) is 2.87. The summed E-state index contributed by atoms with van der Waals surface area (Å²) in [6.07, 6.45) is 0. The number of nitrogens with two attached hydrogens (primary N) is 1. The number of nitrogen functional groups attached to an aromatic ring is 1. The van der Waals surface area contributed by atoms with E-state index in [0.717, 1.165) is 22.5 Å². The van der Waals surface area contributed by atoms with Gasteiger partial charge in [-0.3, -0.25) is 4.98 Å². The number of aryl methyl sites for hydroxylation is 2. The Morgan fingerprint density at radius 2 is 1.70 bits per heavy atom. The van der Waals surface area contributed by atoms with Crippen molar-refractivity contribution in [2.45, 2.75) is 13.8 Å². The number of rotatable bonds is 2. The molecule has 2 aromatic heterocycles. The highest BCUT2D eigenvalue weighted by Crippen LogP contribution is 2.24. The van der Waals surface area contributed by atoms with Crippen molar-refractivity contribution in [3.8, 4) is 22.8 Å². The SMILES string of the molecule is Cc1cc(-c2noc(-c3cccc(N)c3)n2)cc(C)n1. The van der Waals surface area contributed by atoms with E-state index >= 15 is 0 Å². The summed E-state index contributed by atoms with van der Waals surface area (Å²) in [5.74, 6) is 1.01. The van der Waals surface area contributed by atoms with Crippen LogP contribution in [0.25, 0.3) is 22.8 Å². The highest BCUT2D eigenvalue weighted by atomic mass is 16.5. The van der Waals surface area contributed by atoms with E-state index in [9.17, 15) is 0 Å². The maximum atomic E-state index is 5.76. The van der Waals surface area contributed by atoms with Crippen molar-refractivity contribution >= 4 is 5.69 Å². The summed E-state index contributed by atoms with van der Waals surface area (Å²) in [5.41, 5.74) is 9.98. The molecule has 0 aliphatic carbocycles. The Bertz CT molecular complexity index is 744. The van der Waals surface area contributed by atoms with Crippen LogP contribution in [-0.4, -0.2) is 15.1 Å². The maximum Gasteiger partial charge on any atom is 0.258 e. The fourth-order valence-electron chi connectivity index (χ4n) is 2.09. The normalized spacial score (nSPS) is 10.7. The van der Waals surface area contributed by atoms with Gasteiger partial charge in [0.15, 0.2) is 0 Å². The van der Waals surface area contributed by atoms with E-state index < -0.39 is 0 Å². The molecule has 0 atom stereocenters. The van der Waals surface area contributed by atoms with Gasteiger partial charge in [0.25, 0.3) is 5.89 Å². The van der Waals surface area contributed by atoms with Crippen molar-refractivity contribution in [2.75, 3.05) is 5.73 Å². The number of pyridine rings is 1. The van der Waals surface area contributed by atoms with Gasteiger partial charge in [-0.15, -0.1) is 0 Å². The molecule has 0 amide bonds.